The lowest BCUT2D eigenvalue weighted by Gasteiger charge is -2.26. The van der Waals surface area contributed by atoms with E-state index in [1.807, 2.05) is 0 Å². The van der Waals surface area contributed by atoms with Crippen molar-refractivity contribution >= 4 is 39.0 Å². The van der Waals surface area contributed by atoms with Gasteiger partial charge in [0, 0.05) is 17.2 Å². The Morgan fingerprint density at radius 1 is 1.26 bits per heavy atom. The molecule has 0 bridgehead atoms. The third kappa shape index (κ3) is 4.20. The molecule has 2 aromatic carbocycles. The zero-order valence-corrected chi connectivity index (χ0v) is 16.4. The van der Waals surface area contributed by atoms with Crippen molar-refractivity contribution < 1.29 is 22.9 Å². The van der Waals surface area contributed by atoms with Crippen molar-refractivity contribution in [1.29, 1.82) is 0 Å². The van der Waals surface area contributed by atoms with Crippen LogP contribution >= 0.6 is 11.6 Å². The summed E-state index contributed by atoms with van der Waals surface area (Å²) in [6.07, 6.45) is 0. The number of hydrogen-bond acceptors (Lipinski definition) is 6. The van der Waals surface area contributed by atoms with E-state index in [0.717, 1.165) is 17.5 Å². The molecule has 0 aliphatic rings. The smallest absolute Gasteiger partial charge is 0.326 e. The molecule has 2 aromatic rings. The molecule has 2 rings (SSSR count). The molecule has 0 unspecified atom stereocenters. The molecule has 0 aromatic heterocycles. The van der Waals surface area contributed by atoms with Crippen molar-refractivity contribution in [3.8, 4) is 0 Å². The van der Waals surface area contributed by atoms with E-state index in [0.29, 0.717) is 16.1 Å². The van der Waals surface area contributed by atoms with E-state index >= 15 is 0 Å². The third-order valence-electron chi connectivity index (χ3n) is 3.96. The van der Waals surface area contributed by atoms with Gasteiger partial charge in [-0.2, -0.15) is 0 Å². The number of sulfonamides is 1. The van der Waals surface area contributed by atoms with Crippen molar-refractivity contribution in [2.45, 2.75) is 18.7 Å². The summed E-state index contributed by atoms with van der Waals surface area (Å²) < 4.78 is 32.0. The summed E-state index contributed by atoms with van der Waals surface area (Å²) in [6, 6.07) is 8.14. The lowest BCUT2D eigenvalue weighted by molar-refractivity contribution is -0.385. The number of carbonyl (C=O) groups excluding carboxylic acids is 1. The van der Waals surface area contributed by atoms with E-state index < -0.39 is 27.5 Å². The minimum absolute atomic E-state index is 0.179. The molecule has 0 atom stereocenters. The summed E-state index contributed by atoms with van der Waals surface area (Å²) in [5.41, 5.74) is 0.545. The molecule has 0 N–H and O–H groups in total. The van der Waals surface area contributed by atoms with E-state index in [-0.39, 0.29) is 16.3 Å². The molecule has 0 fully saturated rings. The van der Waals surface area contributed by atoms with Gasteiger partial charge in [-0.3, -0.25) is 19.2 Å². The molecular formula is C17H17ClN2O6S. The number of nitro benzene ring substituents is 1. The molecule has 0 saturated heterocycles. The van der Waals surface area contributed by atoms with E-state index in [9.17, 15) is 23.3 Å². The number of hydrogen-bond donors (Lipinski definition) is 0. The maximum atomic E-state index is 13.3. The number of non-ortho nitro benzene ring substituents is 1. The Morgan fingerprint density at radius 2 is 1.93 bits per heavy atom. The van der Waals surface area contributed by atoms with Crippen LogP contribution in [0.4, 0.5) is 11.4 Å². The summed E-state index contributed by atoms with van der Waals surface area (Å²) in [7, 11) is -3.18. The van der Waals surface area contributed by atoms with Crippen LogP contribution in [-0.4, -0.2) is 33.0 Å². The maximum absolute atomic E-state index is 13.3. The predicted molar refractivity (Wildman–Crippen MR) is 101 cm³/mol. The quantitative estimate of drug-likeness (QED) is 0.409. The van der Waals surface area contributed by atoms with Gasteiger partial charge in [0.15, 0.2) is 0 Å². The lowest BCUT2D eigenvalue weighted by Crippen LogP contribution is -2.37. The maximum Gasteiger partial charge on any atom is 0.326 e. The minimum Gasteiger partial charge on any atom is -0.468 e. The number of esters is 1. The van der Waals surface area contributed by atoms with Crippen molar-refractivity contribution in [3.05, 3.63) is 62.7 Å². The van der Waals surface area contributed by atoms with Crippen molar-refractivity contribution in [2.24, 2.45) is 0 Å². The molecule has 0 radical (unpaired) electrons. The Bertz CT molecular complexity index is 1010. The average molecular weight is 413 g/mol. The standard InChI is InChI=1S/C17H17ClN2O6S/c1-11-7-8-13(20(22)23)9-16(11)27(24,25)19(10-17(21)26-3)15-6-4-5-14(18)12(15)2/h4-9H,10H2,1-3H3. The molecule has 0 aliphatic heterocycles. The van der Waals surface area contributed by atoms with Crippen LogP contribution in [-0.2, 0) is 19.6 Å². The van der Waals surface area contributed by atoms with E-state index in [1.165, 1.54) is 25.1 Å². The first-order valence-electron chi connectivity index (χ1n) is 7.69. The molecule has 0 amide bonds. The highest BCUT2D eigenvalue weighted by Gasteiger charge is 2.31. The van der Waals surface area contributed by atoms with Crippen LogP contribution in [0.1, 0.15) is 11.1 Å². The number of halogens is 1. The van der Waals surface area contributed by atoms with Gasteiger partial charge in [0.25, 0.3) is 15.7 Å². The Morgan fingerprint density at radius 3 is 2.52 bits per heavy atom. The number of benzene rings is 2. The average Bonchev–Trinajstić information content (AvgIpc) is 2.62. The number of methoxy groups -OCH3 is 1. The first kappa shape index (κ1) is 20.7. The molecule has 144 valence electrons. The van der Waals surface area contributed by atoms with Crippen LogP contribution in [0.15, 0.2) is 41.3 Å². The van der Waals surface area contributed by atoms with Crippen molar-refractivity contribution in [1.82, 2.24) is 0 Å². The van der Waals surface area contributed by atoms with Gasteiger partial charge in [-0.1, -0.05) is 23.7 Å². The lowest BCUT2D eigenvalue weighted by atomic mass is 10.2. The van der Waals surface area contributed by atoms with Crippen molar-refractivity contribution in [2.75, 3.05) is 18.0 Å². The Balaban J connectivity index is 2.71. The van der Waals surface area contributed by atoms with Gasteiger partial charge in [0.05, 0.1) is 22.6 Å². The second-order valence-corrected chi connectivity index (χ2v) is 7.92. The largest absolute Gasteiger partial charge is 0.468 e. The van der Waals surface area contributed by atoms with Gasteiger partial charge in [-0.25, -0.2) is 8.42 Å². The number of nitro groups is 1. The fraction of sp³-hybridized carbons (Fsp3) is 0.235. The van der Waals surface area contributed by atoms with Gasteiger partial charge < -0.3 is 4.74 Å². The van der Waals surface area contributed by atoms with Crippen LogP contribution in [0.25, 0.3) is 0 Å². The van der Waals surface area contributed by atoms with E-state index in [2.05, 4.69) is 4.74 Å². The van der Waals surface area contributed by atoms with Gasteiger partial charge in [0.2, 0.25) is 0 Å². The Kier molecular flexibility index (Phi) is 6.07. The fourth-order valence-electron chi connectivity index (χ4n) is 2.45. The topological polar surface area (TPSA) is 107 Å². The zero-order chi connectivity index (χ0) is 20.4. The Hall–Kier alpha value is -2.65. The highest BCUT2D eigenvalue weighted by atomic mass is 35.5. The molecule has 0 spiro atoms. The molecule has 8 nitrogen and oxygen atoms in total. The summed E-state index contributed by atoms with van der Waals surface area (Å²) >= 11 is 6.10. The number of aryl methyl sites for hydroxylation is 1. The normalized spacial score (nSPS) is 11.1. The monoisotopic (exact) mass is 412 g/mol. The fourth-order valence-corrected chi connectivity index (χ4v) is 4.33. The molecule has 27 heavy (non-hydrogen) atoms. The summed E-state index contributed by atoms with van der Waals surface area (Å²) in [4.78, 5) is 22.0. The highest BCUT2D eigenvalue weighted by Crippen LogP contribution is 2.32. The molecule has 10 heteroatoms. The van der Waals surface area contributed by atoms with Gasteiger partial charge in [-0.05, 0) is 37.1 Å². The highest BCUT2D eigenvalue weighted by molar-refractivity contribution is 7.93. The van der Waals surface area contributed by atoms with Gasteiger partial charge in [0.1, 0.15) is 6.54 Å². The van der Waals surface area contributed by atoms with Crippen LogP contribution in [0.3, 0.4) is 0 Å². The number of nitrogens with zero attached hydrogens (tertiary/aromatic N) is 2. The summed E-state index contributed by atoms with van der Waals surface area (Å²) in [6.45, 7) is 2.51. The third-order valence-corrected chi connectivity index (χ3v) is 6.27. The molecule has 0 aliphatic carbocycles. The van der Waals surface area contributed by atoms with Crippen LogP contribution < -0.4 is 4.31 Å². The van der Waals surface area contributed by atoms with Gasteiger partial charge in [-0.15, -0.1) is 0 Å². The Labute approximate surface area is 161 Å². The van der Waals surface area contributed by atoms with E-state index in [1.54, 1.807) is 19.1 Å². The number of carbonyl (C=O) groups is 1. The van der Waals surface area contributed by atoms with Crippen LogP contribution in [0.5, 0.6) is 0 Å². The zero-order valence-electron chi connectivity index (χ0n) is 14.8. The first-order valence-corrected chi connectivity index (χ1v) is 9.51. The number of rotatable bonds is 6. The molecule has 0 heterocycles. The SMILES string of the molecule is COC(=O)CN(c1cccc(Cl)c1C)S(=O)(=O)c1cc([N+](=O)[O-])ccc1C. The van der Waals surface area contributed by atoms with Gasteiger partial charge >= 0.3 is 5.97 Å². The van der Waals surface area contributed by atoms with Crippen LogP contribution in [0, 0.1) is 24.0 Å². The van der Waals surface area contributed by atoms with E-state index in [4.69, 9.17) is 11.6 Å². The second kappa shape index (κ2) is 7.93. The first-order chi connectivity index (χ1) is 12.6. The summed E-state index contributed by atoms with van der Waals surface area (Å²) in [5.74, 6) is -0.791. The number of ether oxygens (including phenoxy) is 1. The molecule has 0 saturated carbocycles. The van der Waals surface area contributed by atoms with Crippen molar-refractivity contribution in [3.63, 3.8) is 0 Å². The summed E-state index contributed by atoms with van der Waals surface area (Å²) in [5, 5.41) is 11.4. The second-order valence-electron chi connectivity index (χ2n) is 5.68. The number of anilines is 1. The van der Waals surface area contributed by atoms with Crippen LogP contribution in [0.2, 0.25) is 5.02 Å². The minimum atomic E-state index is -4.32. The molecular weight excluding hydrogens is 396 g/mol. The predicted octanol–water partition coefficient (Wildman–Crippen LogP) is 3.23.